The Balaban J connectivity index is 0.000000162. The number of carbonyl (C=O) groups excluding carboxylic acids is 3. The van der Waals surface area contributed by atoms with Crippen LogP contribution in [0.25, 0.3) is 33.1 Å². The summed E-state index contributed by atoms with van der Waals surface area (Å²) in [5.74, 6) is -1.23. The van der Waals surface area contributed by atoms with E-state index in [4.69, 9.17) is 41.1 Å². The van der Waals surface area contributed by atoms with Crippen molar-refractivity contribution in [3.8, 4) is 34.5 Å². The zero-order valence-electron chi connectivity index (χ0n) is 51.8. The number of carbonyl (C=O) groups is 3. The minimum absolute atomic E-state index is 0.0404. The molecule has 12 N–H and O–H groups in total. The number of halogens is 7. The van der Waals surface area contributed by atoms with Gasteiger partial charge in [-0.15, -0.1) is 0 Å². The monoisotopic (exact) mass is 1390 g/mol. The Morgan fingerprint density at radius 1 is 0.350 bits per heavy atom. The fourth-order valence-corrected chi connectivity index (χ4v) is 9.07. The molecule has 0 radical (unpaired) electrons. The second-order valence-electron chi connectivity index (χ2n) is 20.8. The summed E-state index contributed by atoms with van der Waals surface area (Å²) in [5, 5.41) is 50.3. The average Bonchev–Trinajstić information content (AvgIpc) is 0.832. The van der Waals surface area contributed by atoms with Gasteiger partial charge in [-0.2, -0.15) is 0 Å². The van der Waals surface area contributed by atoms with Crippen molar-refractivity contribution in [3.05, 3.63) is 234 Å². The number of aliphatic hydroxyl groups is 3. The second kappa shape index (κ2) is 33.8. The highest BCUT2D eigenvalue weighted by atomic mass is 35.5. The van der Waals surface area contributed by atoms with Crippen LogP contribution in [0.5, 0.6) is 34.5 Å². The maximum atomic E-state index is 14.6. The van der Waals surface area contributed by atoms with E-state index in [0.717, 1.165) is 30.3 Å². The van der Waals surface area contributed by atoms with Crippen molar-refractivity contribution in [2.75, 3.05) is 87.3 Å². The Morgan fingerprint density at radius 2 is 0.690 bits per heavy atom. The number of aliphatic hydroxyl groups excluding tert-OH is 3. The molecule has 0 aliphatic heterocycles. The Bertz CT molecular complexity index is 4910. The van der Waals surface area contributed by atoms with Gasteiger partial charge in [0.05, 0.1) is 76.5 Å². The van der Waals surface area contributed by atoms with Crippen molar-refractivity contribution < 1.29 is 70.3 Å². The zero-order chi connectivity index (χ0) is 70.5. The van der Waals surface area contributed by atoms with E-state index in [1.54, 1.807) is 73.2 Å². The molecule has 0 saturated carbocycles. The van der Waals surface area contributed by atoms with Crippen molar-refractivity contribution in [1.29, 1.82) is 0 Å². The number of amides is 6. The number of hydrogen-bond donors (Lipinski definition) is 12. The van der Waals surface area contributed by atoms with Gasteiger partial charge < -0.3 is 77.4 Å². The highest BCUT2D eigenvalue weighted by molar-refractivity contribution is 6.31. The normalized spacial score (nSPS) is 10.7. The molecule has 0 aliphatic carbocycles. The standard InChI is InChI=1S/C23H18ClF2N5O3.2C23H19F2N5O3/c24-16-9-13(1-4-17(16)25)29-23(33)30-14-2-6-21(18(26)10-14)34-15-3-5-19-20(11-15)31-22(12-28-19)27-7-8-32;24-14-1-3-15(4-2-14)28-23(32)29-16-5-8-21(18(25)11-16)33-17-6-7-19-20(12-17)30-22(13-27-19)26-9-10-31;24-14-2-1-3-15(10-14)28-23(32)29-16-4-7-21(18(25)11-16)33-17-5-6-19-20(12-17)30-22(13-27-19)26-8-9-31/h1-6,9-12,32H,7-8H2,(H,27,31)(H2,29,30,33);1-8,11-13,31H,9-10H2,(H,26,30)(H2,28,29,32);1-7,10-13,31H,8-9H2,(H,26,30)(H2,28,29,32). The van der Waals surface area contributed by atoms with Gasteiger partial charge in [0.1, 0.15) is 52.2 Å². The molecular weight excluding hydrogens is 1330 g/mol. The Labute approximate surface area is 568 Å². The first kappa shape index (κ1) is 70.2. The third-order valence-electron chi connectivity index (χ3n) is 13.4. The van der Waals surface area contributed by atoms with Gasteiger partial charge in [0.25, 0.3) is 0 Å². The Morgan fingerprint density at radius 3 is 1.04 bits per heavy atom. The molecule has 0 saturated heterocycles. The number of fused-ring (bicyclic) bond motifs is 3. The van der Waals surface area contributed by atoms with Crippen molar-refractivity contribution in [2.45, 2.75) is 0 Å². The molecule has 0 aliphatic rings. The molecule has 0 bridgehead atoms. The van der Waals surface area contributed by atoms with Gasteiger partial charge in [0, 0.05) is 90.2 Å². The van der Waals surface area contributed by atoms with Gasteiger partial charge in [0.15, 0.2) is 34.7 Å². The number of urea groups is 3. The van der Waals surface area contributed by atoms with Crippen molar-refractivity contribution >= 4 is 114 Å². The molecule has 3 heterocycles. The number of anilines is 9. The summed E-state index contributed by atoms with van der Waals surface area (Å²) in [6.07, 6.45) is 4.65. The molecule has 100 heavy (non-hydrogen) atoms. The lowest BCUT2D eigenvalue weighted by Gasteiger charge is -2.11. The molecule has 3 aromatic heterocycles. The summed E-state index contributed by atoms with van der Waals surface area (Å²) in [7, 11) is 0. The molecule has 12 aromatic rings. The van der Waals surface area contributed by atoms with Gasteiger partial charge in [-0.05, 0) is 133 Å². The van der Waals surface area contributed by atoms with E-state index < -0.39 is 53.0 Å². The fourth-order valence-electron chi connectivity index (χ4n) is 8.89. The van der Waals surface area contributed by atoms with Gasteiger partial charge >= 0.3 is 18.1 Å². The van der Waals surface area contributed by atoms with Crippen LogP contribution < -0.4 is 62.1 Å². The predicted octanol–water partition coefficient (Wildman–Crippen LogP) is 14.9. The van der Waals surface area contributed by atoms with E-state index in [9.17, 15) is 40.7 Å². The van der Waals surface area contributed by atoms with Crippen LogP contribution >= 0.6 is 11.6 Å². The van der Waals surface area contributed by atoms with Gasteiger partial charge in [-0.25, -0.2) is 55.7 Å². The summed E-state index contributed by atoms with van der Waals surface area (Å²) in [6, 6.07) is 39.2. The minimum atomic E-state index is -0.702. The van der Waals surface area contributed by atoms with Crippen LogP contribution in [0.3, 0.4) is 0 Å². The number of rotatable bonds is 21. The van der Waals surface area contributed by atoms with E-state index in [-0.39, 0.29) is 70.5 Å². The number of nitrogens with zero attached hydrogens (tertiary/aromatic N) is 6. The van der Waals surface area contributed by atoms with Crippen LogP contribution in [0.15, 0.2) is 195 Å². The molecule has 510 valence electrons. The molecule has 6 amide bonds. The van der Waals surface area contributed by atoms with E-state index in [1.807, 2.05) is 0 Å². The molecule has 0 fully saturated rings. The van der Waals surface area contributed by atoms with E-state index in [1.165, 1.54) is 91.0 Å². The maximum absolute atomic E-state index is 14.6. The molecule has 12 rings (SSSR count). The quantitative estimate of drug-likeness (QED) is 0.0297. The first-order chi connectivity index (χ1) is 48.4. The first-order valence-corrected chi connectivity index (χ1v) is 30.3. The minimum Gasteiger partial charge on any atom is -0.454 e. The molecule has 31 heteroatoms. The van der Waals surface area contributed by atoms with Crippen LogP contribution in [-0.2, 0) is 0 Å². The second-order valence-corrected chi connectivity index (χ2v) is 21.2. The van der Waals surface area contributed by atoms with Crippen LogP contribution in [0.1, 0.15) is 0 Å². The maximum Gasteiger partial charge on any atom is 0.323 e. The molecule has 9 aromatic carbocycles. The molecule has 0 atom stereocenters. The SMILES string of the molecule is O=C(Nc1ccc(F)cc1)Nc1ccc(Oc2ccc3ncc(NCCO)nc3c2)c(F)c1.O=C(Nc1ccc(Oc2ccc3ncc(NCCO)nc3c2)c(F)c1)Nc1ccc(F)c(Cl)c1.O=C(Nc1cccc(F)c1)Nc1ccc(Oc2ccc3ncc(NCCO)nc3c2)c(F)c1. The highest BCUT2D eigenvalue weighted by Gasteiger charge is 2.16. The van der Waals surface area contributed by atoms with E-state index >= 15 is 0 Å². The van der Waals surface area contributed by atoms with Crippen molar-refractivity contribution in [3.63, 3.8) is 0 Å². The van der Waals surface area contributed by atoms with Crippen LogP contribution in [-0.4, -0.2) is 103 Å². The summed E-state index contributed by atoms with van der Waals surface area (Å²) in [4.78, 5) is 62.3. The molecule has 0 unspecified atom stereocenters. The van der Waals surface area contributed by atoms with E-state index in [0.29, 0.717) is 93.1 Å². The number of aromatic nitrogens is 6. The van der Waals surface area contributed by atoms with Gasteiger partial charge in [0.2, 0.25) is 0 Å². The van der Waals surface area contributed by atoms with Crippen LogP contribution in [0.2, 0.25) is 5.02 Å². The topological polar surface area (TPSA) is 325 Å². The summed E-state index contributed by atoms with van der Waals surface area (Å²) < 4.78 is 100. The molecular formula is C69H56ClF6N15O9. The zero-order valence-corrected chi connectivity index (χ0v) is 52.6. The lowest BCUT2D eigenvalue weighted by molar-refractivity contribution is 0.261. The molecule has 0 spiro atoms. The first-order valence-electron chi connectivity index (χ1n) is 29.9. The van der Waals surface area contributed by atoms with Crippen LogP contribution in [0, 0.1) is 34.9 Å². The fraction of sp³-hybridized carbons (Fsp3) is 0.0870. The highest BCUT2D eigenvalue weighted by Crippen LogP contribution is 2.33. The predicted molar refractivity (Wildman–Crippen MR) is 367 cm³/mol. The van der Waals surface area contributed by atoms with Gasteiger partial charge in [-0.1, -0.05) is 17.7 Å². The Hall–Kier alpha value is -12.6. The summed E-state index contributed by atoms with van der Waals surface area (Å²) in [5.41, 5.74) is 4.98. The van der Waals surface area contributed by atoms with Crippen molar-refractivity contribution in [2.24, 2.45) is 0 Å². The number of hydrogen-bond acceptors (Lipinski definition) is 18. The van der Waals surface area contributed by atoms with Crippen LogP contribution in [0.4, 0.5) is 92.3 Å². The largest absolute Gasteiger partial charge is 0.454 e. The lowest BCUT2D eigenvalue weighted by atomic mass is 10.2. The Kier molecular flexibility index (Phi) is 23.7. The van der Waals surface area contributed by atoms with E-state index in [2.05, 4.69) is 77.8 Å². The average molecular weight is 1390 g/mol. The third-order valence-corrected chi connectivity index (χ3v) is 13.7. The number of ether oxygens (including phenoxy) is 3. The van der Waals surface area contributed by atoms with Crippen molar-refractivity contribution in [1.82, 2.24) is 29.9 Å². The number of nitrogens with one attached hydrogen (secondary N) is 9. The van der Waals surface area contributed by atoms with Gasteiger partial charge in [-0.3, -0.25) is 15.0 Å². The third kappa shape index (κ3) is 20.2. The molecule has 24 nitrogen and oxygen atoms in total. The summed E-state index contributed by atoms with van der Waals surface area (Å²) >= 11 is 5.69. The number of benzene rings is 9. The lowest BCUT2D eigenvalue weighted by Crippen LogP contribution is -2.19. The summed E-state index contributed by atoms with van der Waals surface area (Å²) in [6.45, 7) is 0.874. The smallest absolute Gasteiger partial charge is 0.323 e.